The van der Waals surface area contributed by atoms with Crippen LogP contribution >= 0.6 is 0 Å². The number of aromatic nitrogens is 6. The van der Waals surface area contributed by atoms with Gasteiger partial charge in [-0.05, 0) is 62.3 Å². The molecule has 2 bridgehead atoms. The molecule has 2 fully saturated rings. The van der Waals surface area contributed by atoms with E-state index < -0.39 is 41.4 Å². The first-order chi connectivity index (χ1) is 25.0. The molecule has 4 aromatic rings. The van der Waals surface area contributed by atoms with Gasteiger partial charge in [0.2, 0.25) is 17.7 Å². The minimum Gasteiger partial charge on any atom is -0.355 e. The van der Waals surface area contributed by atoms with Crippen LogP contribution in [-0.2, 0) is 33.9 Å². The summed E-state index contributed by atoms with van der Waals surface area (Å²) in [7, 11) is 0. The number of carbonyl (C=O) groups excluding carboxylic acids is 4. The number of carbonyl (C=O) groups is 4. The summed E-state index contributed by atoms with van der Waals surface area (Å²) in [4.78, 5) is 65.0. The monoisotopic (exact) mass is 733 g/mol. The van der Waals surface area contributed by atoms with Crippen LogP contribution in [0.25, 0.3) is 22.0 Å². The molecule has 280 valence electrons. The smallest absolute Gasteiger partial charge is 0.355 e. The zero-order valence-corrected chi connectivity index (χ0v) is 30.1. The summed E-state index contributed by atoms with van der Waals surface area (Å²) in [5.41, 5.74) is 2.12. The molecule has 16 heteroatoms. The van der Waals surface area contributed by atoms with Gasteiger partial charge in [-0.15, -0.1) is 0 Å². The van der Waals surface area contributed by atoms with Crippen LogP contribution in [0.4, 0.5) is 19.0 Å². The first-order valence-electron chi connectivity index (χ1n) is 17.9. The van der Waals surface area contributed by atoms with E-state index >= 15 is 0 Å². The van der Waals surface area contributed by atoms with E-state index in [1.54, 1.807) is 24.0 Å². The second kappa shape index (κ2) is 13.4. The number of nitrogens with zero attached hydrogens (tertiary/aromatic N) is 7. The van der Waals surface area contributed by atoms with Gasteiger partial charge in [-0.3, -0.25) is 28.5 Å². The molecule has 1 aromatic carbocycles. The fourth-order valence-electron chi connectivity index (χ4n) is 7.93. The Bertz CT molecular complexity index is 2110. The lowest BCUT2D eigenvalue weighted by Crippen LogP contribution is -2.46. The Hall–Kier alpha value is -5.15. The van der Waals surface area contributed by atoms with Crippen LogP contribution in [0, 0.1) is 17.8 Å². The molecule has 1 saturated heterocycles. The number of aryl methyl sites for hydroxylation is 2. The predicted octanol–water partition coefficient (Wildman–Crippen LogP) is 5.02. The largest absolute Gasteiger partial charge is 0.408 e. The van der Waals surface area contributed by atoms with Gasteiger partial charge in [0.15, 0.2) is 11.6 Å². The number of amides is 3. The van der Waals surface area contributed by atoms with Crippen LogP contribution in [0.15, 0.2) is 36.8 Å². The van der Waals surface area contributed by atoms with Crippen molar-refractivity contribution in [1.29, 1.82) is 0 Å². The molecule has 53 heavy (non-hydrogen) atoms. The van der Waals surface area contributed by atoms with E-state index in [-0.39, 0.29) is 48.8 Å². The minimum absolute atomic E-state index is 0.0747. The van der Waals surface area contributed by atoms with Gasteiger partial charge in [-0.2, -0.15) is 23.4 Å². The van der Waals surface area contributed by atoms with Gasteiger partial charge < -0.3 is 15.5 Å². The van der Waals surface area contributed by atoms with Crippen molar-refractivity contribution >= 4 is 40.2 Å². The van der Waals surface area contributed by atoms with E-state index in [9.17, 15) is 32.3 Å². The zero-order chi connectivity index (χ0) is 37.9. The molecule has 1 saturated carbocycles. The summed E-state index contributed by atoms with van der Waals surface area (Å²) in [6, 6.07) is 3.81. The first kappa shape index (κ1) is 36.2. The van der Waals surface area contributed by atoms with Crippen molar-refractivity contribution in [2.45, 2.75) is 104 Å². The number of rotatable bonds is 5. The summed E-state index contributed by atoms with van der Waals surface area (Å²) < 4.78 is 41.1. The maximum Gasteiger partial charge on any atom is 0.408 e. The SMILES string of the molecule is CC(=O)c1nn2c3c(cc(-c4cnc(C)nc4)cc13)CCCCCC(C)(C)C(=O)NC[C@@]13C[C@@H](C(=O)Nc4ccn(CC(F)(F)F)n4)N(C(=O)C2)[C@@H]1C3. The topological polar surface area (TPSA) is 157 Å². The molecular weight excluding hydrogens is 691 g/mol. The number of alkyl halides is 3. The lowest BCUT2D eigenvalue weighted by molar-refractivity contribution is -0.142. The first-order valence-corrected chi connectivity index (χ1v) is 17.9. The molecule has 7 rings (SSSR count). The van der Waals surface area contributed by atoms with Crippen LogP contribution in [0.1, 0.15) is 81.2 Å². The molecule has 2 aliphatic heterocycles. The van der Waals surface area contributed by atoms with Gasteiger partial charge in [0, 0.05) is 65.9 Å². The highest BCUT2D eigenvalue weighted by molar-refractivity contribution is 6.07. The summed E-state index contributed by atoms with van der Waals surface area (Å²) in [5, 5.41) is 14.8. The summed E-state index contributed by atoms with van der Waals surface area (Å²) in [6.45, 7) is 5.73. The predicted molar refractivity (Wildman–Crippen MR) is 187 cm³/mol. The second-order valence-electron chi connectivity index (χ2n) is 15.3. The van der Waals surface area contributed by atoms with Gasteiger partial charge in [-0.1, -0.05) is 26.7 Å². The minimum atomic E-state index is -4.50. The Morgan fingerprint density at radius 1 is 1.04 bits per heavy atom. The third-order valence-electron chi connectivity index (χ3n) is 10.9. The highest BCUT2D eigenvalue weighted by Gasteiger charge is 2.67. The van der Waals surface area contributed by atoms with E-state index in [2.05, 4.69) is 30.8 Å². The second-order valence-corrected chi connectivity index (χ2v) is 15.3. The summed E-state index contributed by atoms with van der Waals surface area (Å²) >= 11 is 0. The number of ketones is 1. The van der Waals surface area contributed by atoms with E-state index in [1.165, 1.54) is 17.9 Å². The van der Waals surface area contributed by atoms with Gasteiger partial charge >= 0.3 is 6.18 Å². The molecule has 2 N–H and O–H groups in total. The maximum atomic E-state index is 14.4. The quantitative estimate of drug-likeness (QED) is 0.271. The standard InChI is InChI=1S/C37H42F3N9O4/c1-21(50)31-26-13-24(25-16-41-22(2)42-17-25)12-23-8-6-5-7-10-35(3,4)34(53)43-19-36-14-27(33(52)44-29-9-11-47(45-29)20-37(38,39)40)49(28(36)15-36)30(51)18-48(46-31)32(23)26/h9,11-13,16-17,27-28H,5-8,10,14-15,18-20H2,1-4H3,(H,43,53)(H,44,45,52)/t27-,28+,36-/m0/s1. The number of nitrogens with one attached hydrogen (secondary N) is 2. The summed E-state index contributed by atoms with van der Waals surface area (Å²) in [6.07, 6.45) is 4.61. The van der Waals surface area contributed by atoms with Gasteiger partial charge in [0.1, 0.15) is 30.6 Å². The molecule has 0 radical (unpaired) electrons. The molecule has 1 aliphatic carbocycles. The Morgan fingerprint density at radius 2 is 1.79 bits per heavy atom. The highest BCUT2D eigenvalue weighted by Crippen LogP contribution is 2.59. The average molecular weight is 734 g/mol. The number of hydrogen-bond donors (Lipinski definition) is 2. The highest BCUT2D eigenvalue weighted by atomic mass is 19.4. The van der Waals surface area contributed by atoms with E-state index in [0.29, 0.717) is 40.7 Å². The van der Waals surface area contributed by atoms with E-state index in [1.807, 2.05) is 26.0 Å². The van der Waals surface area contributed by atoms with Crippen molar-refractivity contribution in [2.24, 2.45) is 10.8 Å². The fraction of sp³-hybridized carbons (Fsp3) is 0.514. The van der Waals surface area contributed by atoms with Crippen molar-refractivity contribution in [1.82, 2.24) is 39.7 Å². The Morgan fingerprint density at radius 3 is 2.51 bits per heavy atom. The van der Waals surface area contributed by atoms with Crippen molar-refractivity contribution in [3.63, 3.8) is 0 Å². The average Bonchev–Trinajstić information content (AvgIpc) is 3.34. The van der Waals surface area contributed by atoms with Crippen LogP contribution in [0.2, 0.25) is 0 Å². The zero-order valence-electron chi connectivity index (χ0n) is 30.1. The fourth-order valence-corrected chi connectivity index (χ4v) is 7.93. The van der Waals surface area contributed by atoms with Gasteiger partial charge in [0.25, 0.3) is 0 Å². The Labute approximate surface area is 303 Å². The van der Waals surface area contributed by atoms with Crippen LogP contribution in [0.5, 0.6) is 0 Å². The molecule has 3 aromatic heterocycles. The number of anilines is 1. The number of halogens is 3. The van der Waals surface area contributed by atoms with Crippen molar-refractivity contribution in [3.05, 3.63) is 53.9 Å². The number of piperidine rings is 1. The Kier molecular flexibility index (Phi) is 9.13. The van der Waals surface area contributed by atoms with Crippen LogP contribution < -0.4 is 10.6 Å². The lowest BCUT2D eigenvalue weighted by atomic mass is 9.85. The van der Waals surface area contributed by atoms with Crippen molar-refractivity contribution < 1.29 is 32.3 Å². The normalized spacial score (nSPS) is 23.3. The molecule has 0 spiro atoms. The molecule has 0 unspecified atom stereocenters. The van der Waals surface area contributed by atoms with E-state index in [4.69, 9.17) is 0 Å². The maximum absolute atomic E-state index is 14.4. The van der Waals surface area contributed by atoms with Crippen LogP contribution in [0.3, 0.4) is 0 Å². The lowest BCUT2D eigenvalue weighted by Gasteiger charge is -2.27. The third-order valence-corrected chi connectivity index (χ3v) is 10.9. The Balaban J connectivity index is 1.27. The number of Topliss-reactive ketones (excluding diaryl/α,β-unsaturated/α-hetero) is 1. The summed E-state index contributed by atoms with van der Waals surface area (Å²) in [5.74, 6) is -0.827. The molecule has 3 amide bonds. The molecule has 3 aliphatic rings. The third kappa shape index (κ3) is 7.27. The molecular formula is C37H42F3N9O4. The number of hydrogen-bond acceptors (Lipinski definition) is 8. The van der Waals surface area contributed by atoms with Crippen molar-refractivity contribution in [2.75, 3.05) is 11.9 Å². The number of benzene rings is 1. The molecule has 3 atom stereocenters. The van der Waals surface area contributed by atoms with Crippen molar-refractivity contribution in [3.8, 4) is 11.1 Å². The van der Waals surface area contributed by atoms with Gasteiger partial charge in [0.05, 0.1) is 5.52 Å². The molecule has 13 nitrogen and oxygen atoms in total. The van der Waals surface area contributed by atoms with Gasteiger partial charge in [-0.25, -0.2) is 9.97 Å². The van der Waals surface area contributed by atoms with E-state index in [0.717, 1.165) is 42.1 Å². The molecule has 5 heterocycles. The van der Waals surface area contributed by atoms with Crippen LogP contribution in [-0.4, -0.2) is 82.7 Å².